The Hall–Kier alpha value is -2.89. The summed E-state index contributed by atoms with van der Waals surface area (Å²) < 4.78 is 5.45. The number of allylic oxidation sites excluding steroid dienone is 2. The van der Waals surface area contributed by atoms with E-state index in [4.69, 9.17) is 4.74 Å². The fraction of sp³-hybridized carbons (Fsp3) is 0.381. The van der Waals surface area contributed by atoms with Gasteiger partial charge in [-0.1, -0.05) is 19.4 Å². The monoisotopic (exact) mass is 372 g/mol. The lowest BCUT2D eigenvalue weighted by atomic mass is 9.84. The molecule has 6 heteroatoms. The molecule has 0 amide bonds. The number of carbonyl (C=O) groups is 3. The first-order chi connectivity index (χ1) is 12.6. The van der Waals surface area contributed by atoms with Gasteiger partial charge in [0.15, 0.2) is 11.6 Å². The van der Waals surface area contributed by atoms with Gasteiger partial charge in [-0.25, -0.2) is 4.79 Å². The van der Waals surface area contributed by atoms with Gasteiger partial charge < -0.3 is 14.9 Å². The van der Waals surface area contributed by atoms with E-state index in [9.17, 15) is 24.6 Å². The Morgan fingerprint density at radius 1 is 1.07 bits per heavy atom. The van der Waals surface area contributed by atoms with Crippen LogP contribution in [-0.2, 0) is 9.53 Å². The zero-order chi connectivity index (χ0) is 20.3. The van der Waals surface area contributed by atoms with Crippen molar-refractivity contribution in [1.82, 2.24) is 0 Å². The normalized spacial score (nSPS) is 14.5. The molecule has 0 saturated heterocycles. The van der Waals surface area contributed by atoms with Gasteiger partial charge in [0.2, 0.25) is 0 Å². The van der Waals surface area contributed by atoms with Gasteiger partial charge in [-0.15, -0.1) is 0 Å². The molecule has 27 heavy (non-hydrogen) atoms. The second-order valence-corrected chi connectivity index (χ2v) is 7.27. The standard InChI is InChI=1S/C21H24O6/c1-11(2)5-8-17(27-18(25)9-12(3)4)13-10-16(24)19-14(22)6-7-15(23)20(19)21(13)26/h6-7,9-11,17,22-23H,5,8H2,1-4H3. The minimum Gasteiger partial charge on any atom is -0.507 e. The number of rotatable bonds is 6. The molecule has 0 spiro atoms. The molecule has 1 aliphatic carbocycles. The van der Waals surface area contributed by atoms with E-state index in [1.165, 1.54) is 6.08 Å². The molecule has 1 unspecified atom stereocenters. The van der Waals surface area contributed by atoms with Gasteiger partial charge >= 0.3 is 5.97 Å². The van der Waals surface area contributed by atoms with E-state index in [0.29, 0.717) is 18.8 Å². The minimum atomic E-state index is -0.915. The number of Topliss-reactive ketones (excluding diaryl/α,β-unsaturated/α-hetero) is 1. The number of phenols is 2. The number of hydrogen-bond acceptors (Lipinski definition) is 6. The molecule has 2 N–H and O–H groups in total. The van der Waals surface area contributed by atoms with Crippen molar-refractivity contribution in [2.45, 2.75) is 46.6 Å². The van der Waals surface area contributed by atoms with Crippen molar-refractivity contribution in [2.75, 3.05) is 0 Å². The van der Waals surface area contributed by atoms with E-state index >= 15 is 0 Å². The minimum absolute atomic E-state index is 0.00422. The number of carbonyl (C=O) groups excluding carboxylic acids is 3. The van der Waals surface area contributed by atoms with E-state index in [0.717, 1.165) is 23.8 Å². The molecule has 0 fully saturated rings. The van der Waals surface area contributed by atoms with E-state index in [-0.39, 0.29) is 22.4 Å². The molecular weight excluding hydrogens is 348 g/mol. The van der Waals surface area contributed by atoms with Gasteiger partial charge in [0.1, 0.15) is 17.6 Å². The maximum absolute atomic E-state index is 12.9. The van der Waals surface area contributed by atoms with Gasteiger partial charge in [0.25, 0.3) is 0 Å². The molecule has 6 nitrogen and oxygen atoms in total. The van der Waals surface area contributed by atoms with Crippen LogP contribution in [0.3, 0.4) is 0 Å². The summed E-state index contributed by atoms with van der Waals surface area (Å²) >= 11 is 0. The lowest BCUT2D eigenvalue weighted by Gasteiger charge is -2.24. The highest BCUT2D eigenvalue weighted by molar-refractivity contribution is 6.27. The number of ketones is 2. The molecule has 0 aromatic heterocycles. The van der Waals surface area contributed by atoms with Gasteiger partial charge in [-0.3, -0.25) is 9.59 Å². The Labute approximate surface area is 158 Å². The molecule has 0 saturated carbocycles. The van der Waals surface area contributed by atoms with Gasteiger partial charge in [0.05, 0.1) is 11.1 Å². The number of hydrogen-bond donors (Lipinski definition) is 2. The third-order valence-electron chi connectivity index (χ3n) is 4.20. The molecule has 0 radical (unpaired) electrons. The van der Waals surface area contributed by atoms with Crippen LogP contribution in [0.4, 0.5) is 0 Å². The number of fused-ring (bicyclic) bond motifs is 1. The number of ether oxygens (including phenoxy) is 1. The van der Waals surface area contributed by atoms with Crippen LogP contribution >= 0.6 is 0 Å². The Balaban J connectivity index is 2.44. The largest absolute Gasteiger partial charge is 0.507 e. The van der Waals surface area contributed by atoms with Crippen LogP contribution in [0.1, 0.15) is 61.3 Å². The maximum atomic E-state index is 12.9. The van der Waals surface area contributed by atoms with Crippen LogP contribution in [0, 0.1) is 5.92 Å². The molecule has 1 aromatic carbocycles. The Morgan fingerprint density at radius 3 is 2.22 bits per heavy atom. The van der Waals surface area contributed by atoms with E-state index in [1.54, 1.807) is 13.8 Å². The predicted molar refractivity (Wildman–Crippen MR) is 99.9 cm³/mol. The van der Waals surface area contributed by atoms with Gasteiger partial charge in [-0.2, -0.15) is 0 Å². The molecule has 144 valence electrons. The summed E-state index contributed by atoms with van der Waals surface area (Å²) in [4.78, 5) is 37.5. The fourth-order valence-corrected chi connectivity index (χ4v) is 2.89. The van der Waals surface area contributed by atoms with Crippen molar-refractivity contribution in [1.29, 1.82) is 0 Å². The molecular formula is C21H24O6. The highest BCUT2D eigenvalue weighted by Gasteiger charge is 2.35. The SMILES string of the molecule is CC(C)=CC(=O)OC(CCC(C)C)C1=CC(=O)c2c(O)ccc(O)c2C1=O. The lowest BCUT2D eigenvalue weighted by molar-refractivity contribution is -0.141. The first-order valence-corrected chi connectivity index (χ1v) is 8.82. The van der Waals surface area contributed by atoms with Crippen molar-refractivity contribution >= 4 is 17.5 Å². The summed E-state index contributed by atoms with van der Waals surface area (Å²) in [6, 6.07) is 2.31. The number of esters is 1. The van der Waals surface area contributed by atoms with E-state index in [2.05, 4.69) is 0 Å². The van der Waals surface area contributed by atoms with E-state index < -0.39 is 29.4 Å². The Morgan fingerprint density at radius 2 is 1.67 bits per heavy atom. The number of aromatic hydroxyl groups is 2. The zero-order valence-corrected chi connectivity index (χ0v) is 15.9. The van der Waals surface area contributed by atoms with Crippen LogP contribution in [-0.4, -0.2) is 33.9 Å². The first kappa shape index (κ1) is 20.4. The summed E-state index contributed by atoms with van der Waals surface area (Å²) in [5.74, 6) is -2.32. The molecule has 0 bridgehead atoms. The summed E-state index contributed by atoms with van der Waals surface area (Å²) in [7, 11) is 0. The average Bonchev–Trinajstić information content (AvgIpc) is 2.56. The smallest absolute Gasteiger partial charge is 0.331 e. The molecule has 1 atom stereocenters. The first-order valence-electron chi connectivity index (χ1n) is 8.82. The van der Waals surface area contributed by atoms with Gasteiger partial charge in [0, 0.05) is 11.6 Å². The summed E-state index contributed by atoms with van der Waals surface area (Å²) in [5.41, 5.74) is 0.257. The summed E-state index contributed by atoms with van der Waals surface area (Å²) in [5, 5.41) is 20.0. The molecule has 0 aliphatic heterocycles. The highest BCUT2D eigenvalue weighted by Crippen LogP contribution is 2.36. The van der Waals surface area contributed by atoms with Crippen molar-refractivity contribution in [3.63, 3.8) is 0 Å². The van der Waals surface area contributed by atoms with Crippen molar-refractivity contribution < 1.29 is 29.3 Å². The zero-order valence-electron chi connectivity index (χ0n) is 15.9. The van der Waals surface area contributed by atoms with Gasteiger partial charge in [-0.05, 0) is 50.8 Å². The average molecular weight is 372 g/mol. The Bertz CT molecular complexity index is 840. The van der Waals surface area contributed by atoms with Crippen molar-refractivity contribution in [3.05, 3.63) is 46.6 Å². The van der Waals surface area contributed by atoms with Crippen LogP contribution < -0.4 is 0 Å². The molecule has 0 heterocycles. The molecule has 2 rings (SSSR count). The predicted octanol–water partition coefficient (Wildman–Crippen LogP) is 3.72. The third kappa shape index (κ3) is 4.64. The van der Waals surface area contributed by atoms with Crippen molar-refractivity contribution in [3.8, 4) is 11.5 Å². The molecule has 1 aromatic rings. The van der Waals surface area contributed by atoms with Crippen LogP contribution in [0.25, 0.3) is 0 Å². The Kier molecular flexibility index (Phi) is 6.20. The van der Waals surface area contributed by atoms with E-state index in [1.807, 2.05) is 13.8 Å². The topological polar surface area (TPSA) is 101 Å². The second-order valence-electron chi connectivity index (χ2n) is 7.27. The number of benzene rings is 1. The highest BCUT2D eigenvalue weighted by atomic mass is 16.5. The second kappa shape index (κ2) is 8.20. The summed E-state index contributed by atoms with van der Waals surface area (Å²) in [6.07, 6.45) is 2.52. The lowest BCUT2D eigenvalue weighted by Crippen LogP contribution is -2.29. The van der Waals surface area contributed by atoms with Crippen molar-refractivity contribution in [2.24, 2.45) is 5.92 Å². The third-order valence-corrected chi connectivity index (χ3v) is 4.20. The number of phenolic OH excluding ortho intramolecular Hbond substituents is 2. The quantitative estimate of drug-likeness (QED) is 0.448. The fourth-order valence-electron chi connectivity index (χ4n) is 2.89. The summed E-state index contributed by atoms with van der Waals surface area (Å²) in [6.45, 7) is 7.48. The maximum Gasteiger partial charge on any atom is 0.331 e. The van der Waals surface area contributed by atoms with Crippen LogP contribution in [0.5, 0.6) is 11.5 Å². The molecule has 1 aliphatic rings. The van der Waals surface area contributed by atoms with Crippen LogP contribution in [0.15, 0.2) is 35.4 Å². The van der Waals surface area contributed by atoms with Crippen LogP contribution in [0.2, 0.25) is 0 Å².